The third-order valence-electron chi connectivity index (χ3n) is 5.10. The summed E-state index contributed by atoms with van der Waals surface area (Å²) in [5.41, 5.74) is 6.18. The molecule has 0 saturated carbocycles. The Labute approximate surface area is 209 Å². The van der Waals surface area contributed by atoms with Gasteiger partial charge in [0.25, 0.3) is 5.91 Å². The van der Waals surface area contributed by atoms with E-state index in [4.69, 9.17) is 10.5 Å². The van der Waals surface area contributed by atoms with Gasteiger partial charge in [-0.15, -0.1) is 24.0 Å². The fraction of sp³-hybridized carbons (Fsp3) is 0.391. The van der Waals surface area contributed by atoms with E-state index >= 15 is 0 Å². The molecule has 2 aromatic rings. The van der Waals surface area contributed by atoms with Gasteiger partial charge in [-0.25, -0.2) is 8.78 Å². The Kier molecular flexibility index (Phi) is 10.6. The monoisotopic (exact) mass is 573 g/mol. The number of halogens is 3. The Morgan fingerprint density at radius 3 is 2.55 bits per heavy atom. The van der Waals surface area contributed by atoms with Crippen molar-refractivity contribution in [3.63, 3.8) is 0 Å². The Bertz CT molecular complexity index is 923. The minimum Gasteiger partial charge on any atom is -0.484 e. The number of nitrogens with two attached hydrogens (primary N) is 1. The molecule has 1 unspecified atom stereocenters. The summed E-state index contributed by atoms with van der Waals surface area (Å²) in [6.45, 7) is 4.17. The van der Waals surface area contributed by atoms with Gasteiger partial charge in [-0.2, -0.15) is 0 Å². The highest BCUT2D eigenvalue weighted by atomic mass is 127. The van der Waals surface area contributed by atoms with Crippen molar-refractivity contribution >= 4 is 41.5 Å². The third kappa shape index (κ3) is 8.02. The van der Waals surface area contributed by atoms with Crippen LogP contribution in [0.15, 0.2) is 47.5 Å². The van der Waals surface area contributed by atoms with Gasteiger partial charge in [0.15, 0.2) is 12.6 Å². The zero-order chi connectivity index (χ0) is 22.9. The lowest BCUT2D eigenvalue weighted by Gasteiger charge is -2.21. The summed E-state index contributed by atoms with van der Waals surface area (Å²) in [7, 11) is 0. The fourth-order valence-electron chi connectivity index (χ4n) is 3.59. The smallest absolute Gasteiger partial charge is 0.255 e. The average molecular weight is 573 g/mol. The number of hydrogen-bond acceptors (Lipinski definition) is 4. The number of para-hydroxylation sites is 1. The molecule has 2 aromatic carbocycles. The highest BCUT2D eigenvalue weighted by Gasteiger charge is 2.27. The first-order chi connectivity index (χ1) is 15.5. The number of carbonyl (C=O) groups excluding carboxylic acids is 1. The maximum absolute atomic E-state index is 14.1. The molecular formula is C23H30F2IN5O2. The molecule has 1 saturated heterocycles. The third-order valence-corrected chi connectivity index (χ3v) is 5.10. The predicted octanol–water partition coefficient (Wildman–Crippen LogP) is 2.82. The van der Waals surface area contributed by atoms with Crippen molar-refractivity contribution in [2.24, 2.45) is 10.7 Å². The van der Waals surface area contributed by atoms with Gasteiger partial charge in [0.2, 0.25) is 0 Å². The fourth-order valence-corrected chi connectivity index (χ4v) is 3.59. The molecule has 1 heterocycles. The number of benzene rings is 2. The summed E-state index contributed by atoms with van der Waals surface area (Å²) in [4.78, 5) is 17.1. The van der Waals surface area contributed by atoms with Crippen LogP contribution in [0.1, 0.15) is 18.9 Å². The molecule has 0 spiro atoms. The van der Waals surface area contributed by atoms with Crippen LogP contribution < -0.4 is 26.0 Å². The number of nitrogens with zero attached hydrogens (tertiary/aromatic N) is 2. The molecule has 0 aromatic heterocycles. The van der Waals surface area contributed by atoms with Crippen LogP contribution in [-0.2, 0) is 11.2 Å². The lowest BCUT2D eigenvalue weighted by molar-refractivity contribution is -0.119. The Hall–Kier alpha value is -2.63. The summed E-state index contributed by atoms with van der Waals surface area (Å²) in [6, 6.07) is 11.4. The minimum atomic E-state index is -0.544. The molecule has 33 heavy (non-hydrogen) atoms. The molecule has 0 bridgehead atoms. The summed E-state index contributed by atoms with van der Waals surface area (Å²) in [6.07, 6.45) is 1.48. The van der Waals surface area contributed by atoms with Crippen molar-refractivity contribution in [1.29, 1.82) is 0 Å². The largest absolute Gasteiger partial charge is 0.484 e. The molecule has 1 fully saturated rings. The molecule has 0 radical (unpaired) electrons. The van der Waals surface area contributed by atoms with Crippen LogP contribution in [0, 0.1) is 11.6 Å². The van der Waals surface area contributed by atoms with Gasteiger partial charge in [-0.1, -0.05) is 18.2 Å². The molecule has 3 rings (SSSR count). The van der Waals surface area contributed by atoms with Crippen LogP contribution >= 0.6 is 24.0 Å². The number of aliphatic imine (C=N–C) groups is 1. The molecule has 10 heteroatoms. The second-order valence-corrected chi connectivity index (χ2v) is 7.56. The number of carbonyl (C=O) groups is 1. The van der Waals surface area contributed by atoms with E-state index in [-0.39, 0.29) is 42.3 Å². The highest BCUT2D eigenvalue weighted by molar-refractivity contribution is 14.0. The van der Waals surface area contributed by atoms with Crippen molar-refractivity contribution in [2.75, 3.05) is 37.7 Å². The number of ether oxygens (including phenoxy) is 1. The molecule has 4 N–H and O–H groups in total. The van der Waals surface area contributed by atoms with Crippen LogP contribution in [0.3, 0.4) is 0 Å². The zero-order valence-corrected chi connectivity index (χ0v) is 20.9. The zero-order valence-electron chi connectivity index (χ0n) is 18.5. The van der Waals surface area contributed by atoms with Gasteiger partial charge in [0, 0.05) is 32.2 Å². The predicted molar refractivity (Wildman–Crippen MR) is 136 cm³/mol. The summed E-state index contributed by atoms with van der Waals surface area (Å²) < 4.78 is 33.4. The van der Waals surface area contributed by atoms with Crippen LogP contribution in [0.25, 0.3) is 0 Å². The van der Waals surface area contributed by atoms with Crippen molar-refractivity contribution < 1.29 is 18.3 Å². The van der Waals surface area contributed by atoms with E-state index in [1.54, 1.807) is 17.0 Å². The van der Waals surface area contributed by atoms with E-state index in [1.807, 2.05) is 19.1 Å². The lowest BCUT2D eigenvalue weighted by atomic mass is 10.1. The van der Waals surface area contributed by atoms with Crippen LogP contribution in [0.5, 0.6) is 5.75 Å². The Morgan fingerprint density at radius 2 is 1.91 bits per heavy atom. The normalized spacial score (nSPS) is 15.7. The summed E-state index contributed by atoms with van der Waals surface area (Å²) in [5.74, 6) is -0.344. The average Bonchev–Trinajstić information content (AvgIpc) is 3.21. The van der Waals surface area contributed by atoms with Gasteiger partial charge >= 0.3 is 0 Å². The maximum atomic E-state index is 14.1. The lowest BCUT2D eigenvalue weighted by Crippen LogP contribution is -2.44. The van der Waals surface area contributed by atoms with E-state index in [1.165, 1.54) is 18.2 Å². The van der Waals surface area contributed by atoms with Crippen LogP contribution in [0.4, 0.5) is 14.5 Å². The minimum absolute atomic E-state index is 0. The molecule has 1 aliphatic heterocycles. The number of rotatable bonds is 9. The number of nitrogens with one attached hydrogen (secondary N) is 2. The standard InChI is InChI=1S/C23H29F2N5O2.HI/c1-2-27-23(28-12-10-16-6-8-18(9-7-16)32-15-21(26)31)29-17-11-13-30(14-17)22-19(24)4-3-5-20(22)25;/h3-9,17H,2,10-15H2,1H3,(H2,26,31)(H2,27,28,29);1H. The molecule has 180 valence electrons. The summed E-state index contributed by atoms with van der Waals surface area (Å²) >= 11 is 0. The molecule has 1 aliphatic rings. The maximum Gasteiger partial charge on any atom is 0.255 e. The SMILES string of the molecule is CCNC(=NCCc1ccc(OCC(N)=O)cc1)NC1CCN(c2c(F)cccc2F)C1.I. The van der Waals surface area contributed by atoms with Crippen molar-refractivity contribution in [3.8, 4) is 5.75 Å². The van der Waals surface area contributed by atoms with Gasteiger partial charge in [0.1, 0.15) is 23.1 Å². The van der Waals surface area contributed by atoms with Crippen molar-refractivity contribution in [1.82, 2.24) is 10.6 Å². The van der Waals surface area contributed by atoms with E-state index in [9.17, 15) is 13.6 Å². The first kappa shape index (κ1) is 26.6. The van der Waals surface area contributed by atoms with Crippen molar-refractivity contribution in [3.05, 3.63) is 59.7 Å². The molecule has 7 nitrogen and oxygen atoms in total. The first-order valence-corrected chi connectivity index (χ1v) is 10.7. The number of guanidine groups is 1. The van der Waals surface area contributed by atoms with Gasteiger partial charge in [0.05, 0.1) is 0 Å². The number of amides is 1. The molecule has 0 aliphatic carbocycles. The van der Waals surface area contributed by atoms with Gasteiger partial charge < -0.3 is 26.0 Å². The van der Waals surface area contributed by atoms with Gasteiger partial charge in [-0.05, 0) is 49.6 Å². The first-order valence-electron chi connectivity index (χ1n) is 10.7. The number of hydrogen-bond donors (Lipinski definition) is 3. The Morgan fingerprint density at radius 1 is 1.21 bits per heavy atom. The number of anilines is 1. The van der Waals surface area contributed by atoms with E-state index in [2.05, 4.69) is 15.6 Å². The van der Waals surface area contributed by atoms with Crippen LogP contribution in [0.2, 0.25) is 0 Å². The van der Waals surface area contributed by atoms with Crippen LogP contribution in [-0.4, -0.2) is 50.7 Å². The number of primary amides is 1. The Balaban J connectivity index is 0.00000385. The second kappa shape index (κ2) is 13.2. The van der Waals surface area contributed by atoms with Gasteiger partial charge in [-0.3, -0.25) is 9.79 Å². The van der Waals surface area contributed by atoms with Crippen molar-refractivity contribution in [2.45, 2.75) is 25.8 Å². The van der Waals surface area contributed by atoms with E-state index < -0.39 is 17.5 Å². The molecule has 1 amide bonds. The molecule has 1 atom stereocenters. The second-order valence-electron chi connectivity index (χ2n) is 7.56. The highest BCUT2D eigenvalue weighted by Crippen LogP contribution is 2.26. The van der Waals surface area contributed by atoms with E-state index in [0.29, 0.717) is 37.9 Å². The summed E-state index contributed by atoms with van der Waals surface area (Å²) in [5, 5.41) is 6.58. The quantitative estimate of drug-likeness (QED) is 0.244. The molecular weight excluding hydrogens is 543 g/mol. The topological polar surface area (TPSA) is 92.0 Å². The van der Waals surface area contributed by atoms with E-state index in [0.717, 1.165) is 18.4 Å².